The molecular formula is C21H18ClN5O3S. The normalized spacial score (nSPS) is 12.2. The zero-order chi connectivity index (χ0) is 22.1. The lowest BCUT2D eigenvalue weighted by Crippen LogP contribution is -2.26. The Kier molecular flexibility index (Phi) is 5.71. The van der Waals surface area contributed by atoms with Crippen LogP contribution in [0.25, 0.3) is 21.9 Å². The van der Waals surface area contributed by atoms with Gasteiger partial charge in [-0.1, -0.05) is 29.4 Å². The molecule has 0 saturated carbocycles. The van der Waals surface area contributed by atoms with Gasteiger partial charge in [0.1, 0.15) is 0 Å². The van der Waals surface area contributed by atoms with Crippen LogP contribution in [0.2, 0.25) is 5.02 Å². The number of carbonyl (C=O) groups is 1. The number of nitrogens with zero attached hydrogens (tertiary/aromatic N) is 2. The number of aromatic nitrogens is 4. The maximum atomic E-state index is 12.9. The van der Waals surface area contributed by atoms with Crippen LogP contribution >= 0.6 is 23.4 Å². The van der Waals surface area contributed by atoms with Crippen molar-refractivity contribution in [3.05, 3.63) is 74.9 Å². The number of imidazole rings is 1. The fourth-order valence-corrected chi connectivity index (χ4v) is 4.20. The van der Waals surface area contributed by atoms with Crippen molar-refractivity contribution in [2.45, 2.75) is 23.9 Å². The minimum Gasteiger partial charge on any atom is -0.325 e. The third-order valence-corrected chi connectivity index (χ3v) is 5.95. The molecule has 31 heavy (non-hydrogen) atoms. The van der Waals surface area contributed by atoms with Crippen LogP contribution in [0, 0.1) is 0 Å². The third-order valence-electron chi connectivity index (χ3n) is 4.63. The van der Waals surface area contributed by atoms with Gasteiger partial charge in [-0.2, -0.15) is 0 Å². The molecule has 0 aliphatic rings. The lowest BCUT2D eigenvalue weighted by Gasteiger charge is -2.15. The minimum absolute atomic E-state index is 0.224. The molecule has 8 nitrogen and oxygen atoms in total. The van der Waals surface area contributed by atoms with Crippen molar-refractivity contribution in [1.29, 1.82) is 0 Å². The molecule has 0 bridgehead atoms. The van der Waals surface area contributed by atoms with Crippen molar-refractivity contribution >= 4 is 56.9 Å². The summed E-state index contributed by atoms with van der Waals surface area (Å²) in [7, 11) is 0. The monoisotopic (exact) mass is 455 g/mol. The Morgan fingerprint density at radius 3 is 2.81 bits per heavy atom. The second-order valence-corrected chi connectivity index (χ2v) is 8.59. The highest BCUT2D eigenvalue weighted by Gasteiger charge is 2.19. The predicted octanol–water partition coefficient (Wildman–Crippen LogP) is 3.52. The Hall–Kier alpha value is -3.30. The number of hydrogen-bond donors (Lipinski definition) is 3. The highest BCUT2D eigenvalue weighted by atomic mass is 35.5. The Morgan fingerprint density at radius 2 is 2.03 bits per heavy atom. The zero-order valence-electron chi connectivity index (χ0n) is 16.4. The van der Waals surface area contributed by atoms with Crippen LogP contribution in [0.5, 0.6) is 0 Å². The van der Waals surface area contributed by atoms with Crippen LogP contribution < -0.4 is 16.6 Å². The number of benzene rings is 2. The SMILES string of the molecule is C=CCn1c(S[C@H](C)C(=O)Nc2ccc3[nH]c(=O)[nH]c3c2)nc2cc(Cl)ccc2c1=O. The highest BCUT2D eigenvalue weighted by molar-refractivity contribution is 8.00. The Morgan fingerprint density at radius 1 is 1.26 bits per heavy atom. The molecule has 2 heterocycles. The maximum absolute atomic E-state index is 12.9. The molecule has 1 amide bonds. The van der Waals surface area contributed by atoms with Gasteiger partial charge in [-0.3, -0.25) is 14.2 Å². The smallest absolute Gasteiger partial charge is 0.323 e. The van der Waals surface area contributed by atoms with E-state index in [1.807, 2.05) is 0 Å². The van der Waals surface area contributed by atoms with Gasteiger partial charge < -0.3 is 15.3 Å². The average Bonchev–Trinajstić information content (AvgIpc) is 3.09. The summed E-state index contributed by atoms with van der Waals surface area (Å²) in [6.07, 6.45) is 1.60. The third kappa shape index (κ3) is 4.28. The van der Waals surface area contributed by atoms with Gasteiger partial charge in [0.2, 0.25) is 5.91 Å². The zero-order valence-corrected chi connectivity index (χ0v) is 18.0. The lowest BCUT2D eigenvalue weighted by atomic mass is 10.2. The number of fused-ring (bicyclic) bond motifs is 2. The van der Waals surface area contributed by atoms with Crippen molar-refractivity contribution < 1.29 is 4.79 Å². The number of allylic oxidation sites excluding steroid dienone is 1. The molecular weight excluding hydrogens is 438 g/mol. The van der Waals surface area contributed by atoms with E-state index < -0.39 is 5.25 Å². The summed E-state index contributed by atoms with van der Waals surface area (Å²) in [6, 6.07) is 9.98. The van der Waals surface area contributed by atoms with Gasteiger partial charge in [0.25, 0.3) is 5.56 Å². The van der Waals surface area contributed by atoms with Crippen molar-refractivity contribution in [2.75, 3.05) is 5.32 Å². The average molecular weight is 456 g/mol. The van der Waals surface area contributed by atoms with E-state index in [0.717, 1.165) is 0 Å². The van der Waals surface area contributed by atoms with Gasteiger partial charge in [-0.25, -0.2) is 9.78 Å². The van der Waals surface area contributed by atoms with Crippen LogP contribution in [0.4, 0.5) is 5.69 Å². The molecule has 2 aromatic heterocycles. The van der Waals surface area contributed by atoms with Crippen LogP contribution in [-0.2, 0) is 11.3 Å². The van der Waals surface area contributed by atoms with E-state index in [1.54, 1.807) is 49.4 Å². The van der Waals surface area contributed by atoms with E-state index >= 15 is 0 Å². The minimum atomic E-state index is -0.555. The summed E-state index contributed by atoms with van der Waals surface area (Å²) in [4.78, 5) is 46.9. The summed E-state index contributed by atoms with van der Waals surface area (Å²) >= 11 is 7.22. The maximum Gasteiger partial charge on any atom is 0.323 e. The number of hydrogen-bond acceptors (Lipinski definition) is 5. The first-order chi connectivity index (χ1) is 14.9. The van der Waals surface area contributed by atoms with Gasteiger partial charge in [0.05, 0.1) is 27.2 Å². The quantitative estimate of drug-likeness (QED) is 0.234. The predicted molar refractivity (Wildman–Crippen MR) is 124 cm³/mol. The van der Waals surface area contributed by atoms with Gasteiger partial charge in [-0.05, 0) is 43.3 Å². The van der Waals surface area contributed by atoms with Crippen LogP contribution in [-0.4, -0.2) is 30.7 Å². The molecule has 0 fully saturated rings. The molecule has 10 heteroatoms. The summed E-state index contributed by atoms with van der Waals surface area (Å²) in [5, 5.41) is 3.58. The first-order valence-corrected chi connectivity index (χ1v) is 10.6. The molecule has 158 valence electrons. The van der Waals surface area contributed by atoms with E-state index in [4.69, 9.17) is 11.6 Å². The van der Waals surface area contributed by atoms with Crippen LogP contribution in [0.1, 0.15) is 6.92 Å². The molecule has 0 saturated heterocycles. The van der Waals surface area contributed by atoms with Gasteiger partial charge in [-0.15, -0.1) is 6.58 Å². The second kappa shape index (κ2) is 8.44. The summed E-state index contributed by atoms with van der Waals surface area (Å²) in [5.74, 6) is -0.271. The highest BCUT2D eigenvalue weighted by Crippen LogP contribution is 2.25. The molecule has 0 spiro atoms. The van der Waals surface area contributed by atoms with Gasteiger partial charge in [0.15, 0.2) is 5.16 Å². The standard InChI is InChI=1S/C21H18ClN5O3S/c1-3-8-27-19(29)14-6-4-12(22)9-16(14)26-21(27)31-11(2)18(28)23-13-5-7-15-17(10-13)25-20(30)24-15/h3-7,9-11H,1,8H2,2H3,(H,23,28)(H2,24,25,30)/t11-/m1/s1. The van der Waals surface area contributed by atoms with E-state index in [1.165, 1.54) is 16.3 Å². The van der Waals surface area contributed by atoms with E-state index in [0.29, 0.717) is 37.8 Å². The van der Waals surface area contributed by atoms with Gasteiger partial charge >= 0.3 is 5.69 Å². The Balaban J connectivity index is 1.61. The topological polar surface area (TPSA) is 113 Å². The van der Waals surface area contributed by atoms with Crippen molar-refractivity contribution in [3.8, 4) is 0 Å². The number of aromatic amines is 2. The lowest BCUT2D eigenvalue weighted by molar-refractivity contribution is -0.115. The molecule has 4 aromatic rings. The number of rotatable bonds is 6. The molecule has 0 aliphatic heterocycles. The Labute approximate surface area is 185 Å². The summed E-state index contributed by atoms with van der Waals surface area (Å²) in [6.45, 7) is 5.69. The molecule has 2 aromatic carbocycles. The van der Waals surface area contributed by atoms with E-state index in [9.17, 15) is 14.4 Å². The first-order valence-electron chi connectivity index (χ1n) is 9.36. The molecule has 4 rings (SSSR count). The van der Waals surface area contributed by atoms with E-state index in [-0.39, 0.29) is 23.7 Å². The first kappa shape index (κ1) is 21.0. The molecule has 3 N–H and O–H groups in total. The van der Waals surface area contributed by atoms with Crippen molar-refractivity contribution in [2.24, 2.45) is 0 Å². The second-order valence-electron chi connectivity index (χ2n) is 6.85. The Bertz CT molecular complexity index is 1440. The number of amides is 1. The molecule has 0 aliphatic carbocycles. The molecule has 0 radical (unpaired) electrons. The van der Waals surface area contributed by atoms with E-state index in [2.05, 4.69) is 26.8 Å². The number of carbonyl (C=O) groups excluding carboxylic acids is 1. The van der Waals surface area contributed by atoms with Crippen molar-refractivity contribution in [3.63, 3.8) is 0 Å². The number of H-pyrrole nitrogens is 2. The number of thioether (sulfide) groups is 1. The fourth-order valence-electron chi connectivity index (χ4n) is 3.12. The van der Waals surface area contributed by atoms with Crippen LogP contribution in [0.3, 0.4) is 0 Å². The van der Waals surface area contributed by atoms with Crippen LogP contribution in [0.15, 0.2) is 63.8 Å². The fraction of sp³-hybridized carbons (Fsp3) is 0.143. The van der Waals surface area contributed by atoms with Gasteiger partial charge in [0, 0.05) is 17.3 Å². The summed E-state index contributed by atoms with van der Waals surface area (Å²) in [5.41, 5.74) is 1.72. The number of anilines is 1. The van der Waals surface area contributed by atoms with Crippen molar-refractivity contribution in [1.82, 2.24) is 19.5 Å². The summed E-state index contributed by atoms with van der Waals surface area (Å²) < 4.78 is 1.48. The molecule has 1 atom stereocenters. The molecule has 0 unspecified atom stereocenters. The largest absolute Gasteiger partial charge is 0.325 e. The number of halogens is 1. The number of nitrogens with one attached hydrogen (secondary N) is 3.